The lowest BCUT2D eigenvalue weighted by Crippen LogP contribution is -2.29. The van der Waals surface area contributed by atoms with Gasteiger partial charge in [-0.15, -0.1) is 0 Å². The highest BCUT2D eigenvalue weighted by atomic mass is 14.4. The zero-order chi connectivity index (χ0) is 16.5. The van der Waals surface area contributed by atoms with Gasteiger partial charge in [-0.3, -0.25) is 0 Å². The minimum absolute atomic E-state index is 0.0862. The van der Waals surface area contributed by atoms with E-state index < -0.39 is 0 Å². The van der Waals surface area contributed by atoms with Crippen molar-refractivity contribution < 1.29 is 0 Å². The topological polar surface area (TPSA) is 23.8 Å². The lowest BCUT2D eigenvalue weighted by molar-refractivity contribution is 0.222. The van der Waals surface area contributed by atoms with Crippen LogP contribution in [0.4, 0.5) is 0 Å². The molecule has 1 fully saturated rings. The van der Waals surface area contributed by atoms with Crippen molar-refractivity contribution >= 4 is 0 Å². The average molecular weight is 316 g/mol. The van der Waals surface area contributed by atoms with Gasteiger partial charge in [0, 0.05) is 0 Å². The number of nitrogens with zero attached hydrogens (tertiary/aromatic N) is 1. The first-order valence-corrected chi connectivity index (χ1v) is 10.3. The molecule has 0 aromatic carbocycles. The lowest BCUT2D eigenvalue weighted by atomic mass is 9.64. The van der Waals surface area contributed by atoms with Crippen LogP contribution in [0.15, 0.2) is 11.6 Å². The van der Waals surface area contributed by atoms with Crippen LogP contribution >= 0.6 is 0 Å². The van der Waals surface area contributed by atoms with Gasteiger partial charge in [-0.2, -0.15) is 5.26 Å². The minimum Gasteiger partial charge on any atom is -0.197 e. The number of hydrogen-bond acceptors (Lipinski definition) is 1. The molecule has 0 heterocycles. The van der Waals surface area contributed by atoms with E-state index in [1.54, 1.807) is 0 Å². The summed E-state index contributed by atoms with van der Waals surface area (Å²) in [5, 5.41) is 9.90. The molecule has 0 N–H and O–H groups in total. The van der Waals surface area contributed by atoms with Crippen molar-refractivity contribution in [1.29, 1.82) is 5.26 Å². The van der Waals surface area contributed by atoms with Gasteiger partial charge in [0.1, 0.15) is 0 Å². The van der Waals surface area contributed by atoms with E-state index in [4.69, 9.17) is 0 Å². The zero-order valence-corrected chi connectivity index (χ0v) is 15.6. The molecule has 130 valence electrons. The van der Waals surface area contributed by atoms with Crippen molar-refractivity contribution in [3.63, 3.8) is 0 Å². The van der Waals surface area contributed by atoms with Crippen molar-refractivity contribution in [2.24, 2.45) is 17.3 Å². The van der Waals surface area contributed by atoms with E-state index in [0.29, 0.717) is 0 Å². The van der Waals surface area contributed by atoms with Crippen molar-refractivity contribution in [3.05, 3.63) is 11.6 Å². The van der Waals surface area contributed by atoms with Gasteiger partial charge in [-0.05, 0) is 56.8 Å². The van der Waals surface area contributed by atoms with Gasteiger partial charge in [0.25, 0.3) is 0 Å². The molecule has 1 unspecified atom stereocenters. The summed E-state index contributed by atoms with van der Waals surface area (Å²) >= 11 is 0. The van der Waals surface area contributed by atoms with Crippen molar-refractivity contribution in [3.8, 4) is 6.07 Å². The maximum atomic E-state index is 9.90. The van der Waals surface area contributed by atoms with Crippen LogP contribution in [0.3, 0.4) is 0 Å². The maximum Gasteiger partial charge on any atom is 0.0782 e. The van der Waals surface area contributed by atoms with E-state index in [0.717, 1.165) is 24.7 Å². The normalized spacial score (nSPS) is 31.4. The van der Waals surface area contributed by atoms with Gasteiger partial charge >= 0.3 is 0 Å². The summed E-state index contributed by atoms with van der Waals surface area (Å²) in [4.78, 5) is 0. The molecule has 2 aliphatic rings. The van der Waals surface area contributed by atoms with Crippen LogP contribution in [0.5, 0.6) is 0 Å². The predicted octanol–water partition coefficient (Wildman–Crippen LogP) is 7.18. The highest BCUT2D eigenvalue weighted by molar-refractivity contribution is 5.26. The molecule has 0 aliphatic heterocycles. The minimum atomic E-state index is -0.0862. The second kappa shape index (κ2) is 9.51. The molecule has 0 aromatic heterocycles. The van der Waals surface area contributed by atoms with E-state index in [-0.39, 0.29) is 5.41 Å². The first-order chi connectivity index (χ1) is 11.2. The Morgan fingerprint density at radius 3 is 2.26 bits per heavy atom. The van der Waals surface area contributed by atoms with Crippen LogP contribution in [-0.2, 0) is 0 Å². The quantitative estimate of drug-likeness (QED) is 0.343. The van der Waals surface area contributed by atoms with Gasteiger partial charge in [-0.1, -0.05) is 70.4 Å². The molecule has 0 radical (unpaired) electrons. The predicted molar refractivity (Wildman–Crippen MR) is 99.1 cm³/mol. The van der Waals surface area contributed by atoms with Crippen LogP contribution in [0.1, 0.15) is 104 Å². The number of allylic oxidation sites excluding steroid dienone is 2. The second-order valence-electron chi connectivity index (χ2n) is 8.15. The van der Waals surface area contributed by atoms with E-state index in [1.807, 2.05) is 0 Å². The Bertz CT molecular complexity index is 406. The summed E-state index contributed by atoms with van der Waals surface area (Å²) < 4.78 is 0. The summed E-state index contributed by atoms with van der Waals surface area (Å²) in [6.45, 7) is 4.57. The maximum absolute atomic E-state index is 9.90. The van der Waals surface area contributed by atoms with Gasteiger partial charge in [0.15, 0.2) is 0 Å². The first-order valence-electron chi connectivity index (χ1n) is 10.3. The Kier molecular flexibility index (Phi) is 7.68. The number of rotatable bonds is 8. The molecule has 0 amide bonds. The smallest absolute Gasteiger partial charge is 0.0782 e. The summed E-state index contributed by atoms with van der Waals surface area (Å²) in [5.41, 5.74) is 1.43. The largest absolute Gasteiger partial charge is 0.197 e. The van der Waals surface area contributed by atoms with Gasteiger partial charge in [-0.25, -0.2) is 0 Å². The van der Waals surface area contributed by atoms with E-state index >= 15 is 0 Å². The number of nitriles is 1. The standard InChI is InChI=1S/C22H37N/c1-3-5-7-9-19-10-12-21(13-11-19)22(18-23)16-14-20(15-17-22)8-6-4-2/h12,19-20H,3-11,13-17H2,1-2H3. The Labute approximate surface area is 144 Å². The molecule has 1 saturated carbocycles. The molecular formula is C22H37N. The fourth-order valence-corrected chi connectivity index (χ4v) is 4.72. The summed E-state index contributed by atoms with van der Waals surface area (Å²) in [5.74, 6) is 1.78. The van der Waals surface area contributed by atoms with Crippen molar-refractivity contribution in [2.75, 3.05) is 0 Å². The first kappa shape index (κ1) is 18.6. The molecule has 0 bridgehead atoms. The van der Waals surface area contributed by atoms with Crippen LogP contribution in [-0.4, -0.2) is 0 Å². The average Bonchev–Trinajstić information content (AvgIpc) is 2.61. The molecule has 1 heteroatoms. The summed E-state index contributed by atoms with van der Waals surface area (Å²) in [6, 6.07) is 2.76. The lowest BCUT2D eigenvalue weighted by Gasteiger charge is -2.39. The molecule has 23 heavy (non-hydrogen) atoms. The Hall–Kier alpha value is -0.770. The zero-order valence-electron chi connectivity index (χ0n) is 15.6. The molecule has 0 spiro atoms. The van der Waals surface area contributed by atoms with Crippen LogP contribution in [0.2, 0.25) is 0 Å². The monoisotopic (exact) mass is 315 g/mol. The number of unbranched alkanes of at least 4 members (excludes halogenated alkanes) is 3. The Morgan fingerprint density at radius 1 is 1.00 bits per heavy atom. The molecule has 2 aliphatic carbocycles. The third-order valence-corrected chi connectivity index (χ3v) is 6.49. The summed E-state index contributed by atoms with van der Waals surface area (Å²) in [7, 11) is 0. The van der Waals surface area contributed by atoms with E-state index in [2.05, 4.69) is 26.0 Å². The molecule has 1 atom stereocenters. The molecule has 2 rings (SSSR count). The molecule has 1 nitrogen and oxygen atoms in total. The highest BCUT2D eigenvalue weighted by Gasteiger charge is 2.39. The molecule has 0 aromatic rings. The number of hydrogen-bond donors (Lipinski definition) is 0. The van der Waals surface area contributed by atoms with Crippen LogP contribution in [0, 0.1) is 28.6 Å². The second-order valence-corrected chi connectivity index (χ2v) is 8.15. The van der Waals surface area contributed by atoms with E-state index in [1.165, 1.54) is 82.6 Å². The molecular weight excluding hydrogens is 278 g/mol. The van der Waals surface area contributed by atoms with Gasteiger partial charge in [0.2, 0.25) is 0 Å². The van der Waals surface area contributed by atoms with Gasteiger partial charge in [0.05, 0.1) is 11.5 Å². The summed E-state index contributed by atoms with van der Waals surface area (Å²) in [6.07, 6.45) is 20.6. The highest BCUT2D eigenvalue weighted by Crippen LogP contribution is 2.48. The fraction of sp³-hybridized carbons (Fsp3) is 0.864. The molecule has 0 saturated heterocycles. The Morgan fingerprint density at radius 2 is 1.70 bits per heavy atom. The van der Waals surface area contributed by atoms with Gasteiger partial charge < -0.3 is 0 Å². The third kappa shape index (κ3) is 5.10. The third-order valence-electron chi connectivity index (χ3n) is 6.49. The Balaban J connectivity index is 1.86. The van der Waals surface area contributed by atoms with E-state index in [9.17, 15) is 5.26 Å². The fourth-order valence-electron chi connectivity index (χ4n) is 4.72. The van der Waals surface area contributed by atoms with Crippen molar-refractivity contribution in [1.82, 2.24) is 0 Å². The van der Waals surface area contributed by atoms with Crippen LogP contribution in [0.25, 0.3) is 0 Å². The van der Waals surface area contributed by atoms with Crippen LogP contribution < -0.4 is 0 Å². The van der Waals surface area contributed by atoms with Crippen molar-refractivity contribution in [2.45, 2.75) is 104 Å². The SMILES string of the molecule is CCCCCC1CC=C(C2(C#N)CCC(CCCC)CC2)CC1.